The Morgan fingerprint density at radius 3 is 2.47 bits per heavy atom. The molecular formula is C15H21ClO. The fourth-order valence-electron chi connectivity index (χ4n) is 1.86. The van der Waals surface area contributed by atoms with Crippen LogP contribution in [0.3, 0.4) is 0 Å². The molecule has 94 valence electrons. The predicted octanol–water partition coefficient (Wildman–Crippen LogP) is 4.32. The van der Waals surface area contributed by atoms with Gasteiger partial charge in [0.05, 0.1) is 6.10 Å². The Bertz CT molecular complexity index is 405. The molecule has 0 heterocycles. The number of halogens is 1. The largest absolute Gasteiger partial charge is 0.389 e. The Morgan fingerprint density at radius 2 is 2.00 bits per heavy atom. The van der Waals surface area contributed by atoms with Gasteiger partial charge in [0.15, 0.2) is 0 Å². The lowest BCUT2D eigenvalue weighted by Gasteiger charge is -2.10. The summed E-state index contributed by atoms with van der Waals surface area (Å²) in [4.78, 5) is 0. The summed E-state index contributed by atoms with van der Waals surface area (Å²) in [6, 6.07) is 6.13. The van der Waals surface area contributed by atoms with E-state index < -0.39 is 6.10 Å². The summed E-state index contributed by atoms with van der Waals surface area (Å²) in [5, 5.41) is 10.1. The lowest BCUT2D eigenvalue weighted by molar-refractivity contribution is 0.244. The molecule has 0 bridgehead atoms. The fourth-order valence-corrected chi connectivity index (χ4v) is 2.11. The van der Waals surface area contributed by atoms with Crippen molar-refractivity contribution in [1.82, 2.24) is 0 Å². The Kier molecular flexibility index (Phi) is 5.23. The first-order valence-corrected chi connectivity index (χ1v) is 6.43. The molecule has 1 aromatic carbocycles. The lowest BCUT2D eigenvalue weighted by atomic mass is 9.99. The van der Waals surface area contributed by atoms with Crippen LogP contribution in [-0.4, -0.2) is 11.2 Å². The number of aliphatic hydroxyl groups is 1. The highest BCUT2D eigenvalue weighted by atomic mass is 35.5. The molecule has 2 heteroatoms. The summed E-state index contributed by atoms with van der Waals surface area (Å²) in [6.45, 7) is 8.10. The molecule has 0 radical (unpaired) electrons. The molecule has 17 heavy (non-hydrogen) atoms. The Labute approximate surface area is 109 Å². The van der Waals surface area contributed by atoms with Gasteiger partial charge in [-0.15, -0.1) is 0 Å². The van der Waals surface area contributed by atoms with Gasteiger partial charge in [0.1, 0.15) is 0 Å². The third-order valence-electron chi connectivity index (χ3n) is 2.63. The number of benzene rings is 1. The highest BCUT2D eigenvalue weighted by Crippen LogP contribution is 2.24. The Morgan fingerprint density at radius 1 is 1.35 bits per heavy atom. The van der Waals surface area contributed by atoms with Crippen molar-refractivity contribution in [2.75, 3.05) is 0 Å². The van der Waals surface area contributed by atoms with Gasteiger partial charge in [-0.2, -0.15) is 0 Å². The maximum absolute atomic E-state index is 9.32. The number of hydrogen-bond donors (Lipinski definition) is 1. The zero-order chi connectivity index (χ0) is 13.0. The van der Waals surface area contributed by atoms with Crippen molar-refractivity contribution in [3.8, 4) is 0 Å². The number of aliphatic hydroxyl groups excluding tert-OH is 1. The minimum Gasteiger partial charge on any atom is -0.389 e. The molecule has 1 aromatic rings. The Hall–Kier alpha value is -0.790. The summed E-state index contributed by atoms with van der Waals surface area (Å²) in [6.07, 6.45) is 2.40. The molecule has 0 amide bonds. The van der Waals surface area contributed by atoms with Crippen molar-refractivity contribution in [3.05, 3.63) is 40.4 Å². The fraction of sp³-hybridized carbons (Fsp3) is 0.467. The average Bonchev–Trinajstić information content (AvgIpc) is 2.19. The Balaban J connectivity index is 2.96. The van der Waals surface area contributed by atoms with Crippen molar-refractivity contribution in [2.24, 2.45) is 5.92 Å². The molecule has 0 saturated heterocycles. The summed E-state index contributed by atoms with van der Waals surface area (Å²) in [5.41, 5.74) is 3.32. The van der Waals surface area contributed by atoms with Gasteiger partial charge in [-0.05, 0) is 49.0 Å². The molecule has 0 fully saturated rings. The molecule has 1 atom stereocenters. The van der Waals surface area contributed by atoms with Gasteiger partial charge in [0.2, 0.25) is 0 Å². The molecule has 0 aliphatic rings. The summed E-state index contributed by atoms with van der Waals surface area (Å²) < 4.78 is 0. The van der Waals surface area contributed by atoms with E-state index in [0.717, 1.165) is 22.6 Å². The molecule has 1 unspecified atom stereocenters. The smallest absolute Gasteiger partial charge is 0.0698 e. The number of hydrogen-bond acceptors (Lipinski definition) is 1. The van der Waals surface area contributed by atoms with E-state index in [1.165, 1.54) is 5.56 Å². The van der Waals surface area contributed by atoms with Crippen LogP contribution in [0.4, 0.5) is 0 Å². The van der Waals surface area contributed by atoms with Crippen molar-refractivity contribution < 1.29 is 5.11 Å². The van der Waals surface area contributed by atoms with Gasteiger partial charge in [-0.25, -0.2) is 0 Å². The summed E-state index contributed by atoms with van der Waals surface area (Å²) >= 11 is 6.26. The van der Waals surface area contributed by atoms with Crippen LogP contribution in [0.1, 0.15) is 38.8 Å². The minimum atomic E-state index is -0.427. The SMILES string of the molecule is C/C(=C/C(C)O)c1ccc(CC(C)C)c(Cl)c1. The van der Waals surface area contributed by atoms with E-state index in [1.54, 1.807) is 6.92 Å². The first-order valence-electron chi connectivity index (χ1n) is 6.05. The van der Waals surface area contributed by atoms with E-state index in [-0.39, 0.29) is 0 Å². The van der Waals surface area contributed by atoms with Crippen molar-refractivity contribution in [2.45, 2.75) is 40.2 Å². The third-order valence-corrected chi connectivity index (χ3v) is 2.98. The van der Waals surface area contributed by atoms with Crippen LogP contribution >= 0.6 is 11.6 Å². The zero-order valence-electron chi connectivity index (χ0n) is 11.0. The van der Waals surface area contributed by atoms with Gasteiger partial charge in [0, 0.05) is 5.02 Å². The van der Waals surface area contributed by atoms with Crippen molar-refractivity contribution in [1.29, 1.82) is 0 Å². The van der Waals surface area contributed by atoms with Crippen molar-refractivity contribution >= 4 is 17.2 Å². The van der Waals surface area contributed by atoms with Crippen LogP contribution in [0.2, 0.25) is 5.02 Å². The minimum absolute atomic E-state index is 0.427. The van der Waals surface area contributed by atoms with Crippen LogP contribution in [0.25, 0.3) is 5.57 Å². The molecule has 0 spiro atoms. The van der Waals surface area contributed by atoms with Crippen LogP contribution in [0, 0.1) is 5.92 Å². The lowest BCUT2D eigenvalue weighted by Crippen LogP contribution is -1.97. The molecule has 0 aromatic heterocycles. The molecule has 0 aliphatic carbocycles. The molecule has 1 N–H and O–H groups in total. The van der Waals surface area contributed by atoms with Crippen LogP contribution < -0.4 is 0 Å². The van der Waals surface area contributed by atoms with Gasteiger partial charge in [0.25, 0.3) is 0 Å². The summed E-state index contributed by atoms with van der Waals surface area (Å²) in [7, 11) is 0. The van der Waals surface area contributed by atoms with Crippen LogP contribution in [-0.2, 0) is 6.42 Å². The van der Waals surface area contributed by atoms with Crippen molar-refractivity contribution in [3.63, 3.8) is 0 Å². The first kappa shape index (κ1) is 14.3. The van der Waals surface area contributed by atoms with Crippen LogP contribution in [0.5, 0.6) is 0 Å². The van der Waals surface area contributed by atoms with E-state index in [4.69, 9.17) is 11.6 Å². The maximum atomic E-state index is 9.32. The van der Waals surface area contributed by atoms with E-state index in [2.05, 4.69) is 26.0 Å². The van der Waals surface area contributed by atoms with E-state index in [0.29, 0.717) is 5.92 Å². The van der Waals surface area contributed by atoms with Crippen LogP contribution in [0.15, 0.2) is 24.3 Å². The van der Waals surface area contributed by atoms with Gasteiger partial charge >= 0.3 is 0 Å². The molecule has 0 aliphatic heterocycles. The van der Waals surface area contributed by atoms with E-state index >= 15 is 0 Å². The maximum Gasteiger partial charge on any atom is 0.0698 e. The average molecular weight is 253 g/mol. The quantitative estimate of drug-likeness (QED) is 0.846. The second-order valence-corrected chi connectivity index (χ2v) is 5.40. The highest BCUT2D eigenvalue weighted by Gasteiger charge is 2.05. The topological polar surface area (TPSA) is 20.2 Å². The molecular weight excluding hydrogens is 232 g/mol. The van der Waals surface area contributed by atoms with E-state index in [1.807, 2.05) is 19.1 Å². The summed E-state index contributed by atoms with van der Waals surface area (Å²) in [5.74, 6) is 0.604. The highest BCUT2D eigenvalue weighted by molar-refractivity contribution is 6.31. The zero-order valence-corrected chi connectivity index (χ0v) is 11.8. The third kappa shape index (κ3) is 4.53. The number of allylic oxidation sites excluding steroid dienone is 1. The van der Waals surface area contributed by atoms with Gasteiger partial charge in [-0.1, -0.05) is 43.7 Å². The van der Waals surface area contributed by atoms with E-state index in [9.17, 15) is 5.11 Å². The monoisotopic (exact) mass is 252 g/mol. The number of rotatable bonds is 4. The molecule has 1 nitrogen and oxygen atoms in total. The predicted molar refractivity (Wildman–Crippen MR) is 75.3 cm³/mol. The first-order chi connectivity index (χ1) is 7.90. The van der Waals surface area contributed by atoms with Gasteiger partial charge < -0.3 is 5.11 Å². The van der Waals surface area contributed by atoms with Gasteiger partial charge in [-0.3, -0.25) is 0 Å². The normalized spacial score (nSPS) is 14.2. The molecule has 0 saturated carbocycles. The second-order valence-electron chi connectivity index (χ2n) is 4.99. The standard InChI is InChI=1S/C15H21ClO/c1-10(2)7-14-6-5-13(9-15(14)16)11(3)8-12(4)17/h5-6,8-10,12,17H,7H2,1-4H3/b11-8-. The second kappa shape index (κ2) is 6.23. The molecule has 1 rings (SSSR count).